The van der Waals surface area contributed by atoms with Crippen LogP contribution in [-0.2, 0) is 4.74 Å². The quantitative estimate of drug-likeness (QED) is 0.873. The molecule has 3 rings (SSSR count). The first-order chi connectivity index (χ1) is 11.2. The lowest BCUT2D eigenvalue weighted by atomic mass is 9.96. The Balaban J connectivity index is 1.92. The van der Waals surface area contributed by atoms with Crippen LogP contribution in [0.25, 0.3) is 11.1 Å². The molecule has 4 nitrogen and oxygen atoms in total. The fourth-order valence-electron chi connectivity index (χ4n) is 2.89. The van der Waals surface area contributed by atoms with E-state index in [4.69, 9.17) is 4.74 Å². The highest BCUT2D eigenvalue weighted by Gasteiger charge is 2.19. The van der Waals surface area contributed by atoms with Crippen LogP contribution in [0.5, 0.6) is 0 Å². The summed E-state index contributed by atoms with van der Waals surface area (Å²) < 4.78 is 5.32. The molecule has 120 valence electrons. The number of aromatic nitrogens is 1. The Kier molecular flexibility index (Phi) is 4.72. The number of hydrogen-bond acceptors (Lipinski definition) is 3. The largest absolute Gasteiger partial charge is 0.378 e. The summed E-state index contributed by atoms with van der Waals surface area (Å²) in [6.07, 6.45) is 1.82. The van der Waals surface area contributed by atoms with Crippen molar-refractivity contribution in [1.29, 1.82) is 0 Å². The highest BCUT2D eigenvalue weighted by atomic mass is 16.5. The molecule has 0 aliphatic carbocycles. The molecule has 1 amide bonds. The summed E-state index contributed by atoms with van der Waals surface area (Å²) in [6.45, 7) is 6.82. The minimum Gasteiger partial charge on any atom is -0.378 e. The van der Waals surface area contributed by atoms with Gasteiger partial charge >= 0.3 is 0 Å². The van der Waals surface area contributed by atoms with Gasteiger partial charge in [0.1, 0.15) is 0 Å². The van der Waals surface area contributed by atoms with Crippen LogP contribution in [0.4, 0.5) is 0 Å². The van der Waals surface area contributed by atoms with Crippen molar-refractivity contribution in [2.75, 3.05) is 26.3 Å². The molecule has 0 radical (unpaired) electrons. The summed E-state index contributed by atoms with van der Waals surface area (Å²) in [5, 5.41) is 0. The van der Waals surface area contributed by atoms with Gasteiger partial charge in [0.15, 0.2) is 0 Å². The zero-order valence-electron chi connectivity index (χ0n) is 13.7. The monoisotopic (exact) mass is 310 g/mol. The molecule has 2 heterocycles. The second-order valence-electron chi connectivity index (χ2n) is 6.08. The second-order valence-corrected chi connectivity index (χ2v) is 6.08. The van der Waals surface area contributed by atoms with Gasteiger partial charge in [-0.15, -0.1) is 0 Å². The van der Waals surface area contributed by atoms with Gasteiger partial charge in [0, 0.05) is 30.4 Å². The minimum absolute atomic E-state index is 0.0742. The molecule has 1 aromatic carbocycles. The second kappa shape index (κ2) is 6.92. The first kappa shape index (κ1) is 15.7. The molecule has 0 saturated carbocycles. The van der Waals surface area contributed by atoms with Crippen LogP contribution in [0.2, 0.25) is 0 Å². The minimum atomic E-state index is 0.0742. The van der Waals surface area contributed by atoms with Gasteiger partial charge in [0.2, 0.25) is 0 Å². The number of carbonyl (C=O) groups is 1. The molecule has 1 aliphatic heterocycles. The highest BCUT2D eigenvalue weighted by Crippen LogP contribution is 2.28. The van der Waals surface area contributed by atoms with Gasteiger partial charge in [-0.2, -0.15) is 0 Å². The summed E-state index contributed by atoms with van der Waals surface area (Å²) in [7, 11) is 0. The summed E-state index contributed by atoms with van der Waals surface area (Å²) in [4.78, 5) is 19.0. The lowest BCUT2D eigenvalue weighted by Crippen LogP contribution is -2.40. The number of nitrogens with zero attached hydrogens (tertiary/aromatic N) is 2. The van der Waals surface area contributed by atoms with Crippen LogP contribution in [0.15, 0.2) is 42.6 Å². The third kappa shape index (κ3) is 3.42. The van der Waals surface area contributed by atoms with Crippen molar-refractivity contribution in [3.8, 4) is 11.1 Å². The maximum atomic E-state index is 12.7. The third-order valence-corrected chi connectivity index (χ3v) is 4.10. The Morgan fingerprint density at radius 3 is 2.70 bits per heavy atom. The molecule has 0 atom stereocenters. The summed E-state index contributed by atoms with van der Waals surface area (Å²) in [6, 6.07) is 11.9. The molecule has 1 aliphatic rings. The Morgan fingerprint density at radius 1 is 1.17 bits per heavy atom. The smallest absolute Gasteiger partial charge is 0.254 e. The lowest BCUT2D eigenvalue weighted by Gasteiger charge is -2.27. The number of carbonyl (C=O) groups excluding carboxylic acids is 1. The SMILES string of the molecule is CC(C)c1ncccc1-c1cccc(C(=O)N2CCOCC2)c1. The maximum Gasteiger partial charge on any atom is 0.254 e. The highest BCUT2D eigenvalue weighted by molar-refractivity contribution is 5.95. The van der Waals surface area contributed by atoms with E-state index in [1.54, 1.807) is 0 Å². The molecule has 4 heteroatoms. The fraction of sp³-hybridized carbons (Fsp3) is 0.368. The van der Waals surface area contributed by atoms with E-state index in [1.807, 2.05) is 41.4 Å². The van der Waals surface area contributed by atoms with Crippen molar-refractivity contribution in [2.45, 2.75) is 19.8 Å². The van der Waals surface area contributed by atoms with E-state index in [2.05, 4.69) is 24.9 Å². The average Bonchev–Trinajstić information content (AvgIpc) is 2.62. The van der Waals surface area contributed by atoms with Crippen LogP contribution >= 0.6 is 0 Å². The molecule has 0 spiro atoms. The average molecular weight is 310 g/mol. The van der Waals surface area contributed by atoms with Gasteiger partial charge in [-0.3, -0.25) is 9.78 Å². The Hall–Kier alpha value is -2.20. The number of rotatable bonds is 3. The Bertz CT molecular complexity index is 691. The van der Waals surface area contributed by atoms with Crippen molar-refractivity contribution in [2.24, 2.45) is 0 Å². The van der Waals surface area contributed by atoms with E-state index in [0.29, 0.717) is 32.2 Å². The summed E-state index contributed by atoms with van der Waals surface area (Å²) in [5.41, 5.74) is 3.92. The van der Waals surface area contributed by atoms with E-state index in [0.717, 1.165) is 22.4 Å². The Labute approximate surface area is 137 Å². The normalized spacial score (nSPS) is 15.0. The first-order valence-electron chi connectivity index (χ1n) is 8.09. The third-order valence-electron chi connectivity index (χ3n) is 4.10. The molecule has 0 unspecified atom stereocenters. The van der Waals surface area contributed by atoms with Crippen LogP contribution in [-0.4, -0.2) is 42.1 Å². The molecule has 23 heavy (non-hydrogen) atoms. The van der Waals surface area contributed by atoms with Crippen LogP contribution in [0.1, 0.15) is 35.8 Å². The van der Waals surface area contributed by atoms with Crippen LogP contribution in [0, 0.1) is 0 Å². The van der Waals surface area contributed by atoms with Gasteiger partial charge in [0.05, 0.1) is 18.9 Å². The molecule has 1 aromatic heterocycles. The molecule has 0 bridgehead atoms. The van der Waals surface area contributed by atoms with Crippen molar-refractivity contribution >= 4 is 5.91 Å². The molecular weight excluding hydrogens is 288 g/mol. The standard InChI is InChI=1S/C19H22N2O2/c1-14(2)18-17(7-4-8-20-18)15-5-3-6-16(13-15)19(22)21-9-11-23-12-10-21/h3-8,13-14H,9-12H2,1-2H3. The van der Waals surface area contributed by atoms with E-state index >= 15 is 0 Å². The molecule has 0 N–H and O–H groups in total. The zero-order chi connectivity index (χ0) is 16.2. The van der Waals surface area contributed by atoms with Crippen molar-refractivity contribution in [1.82, 2.24) is 9.88 Å². The predicted octanol–water partition coefficient (Wildman–Crippen LogP) is 3.34. The zero-order valence-corrected chi connectivity index (χ0v) is 13.7. The molecule has 1 fully saturated rings. The number of ether oxygens (including phenoxy) is 1. The van der Waals surface area contributed by atoms with Gasteiger partial charge in [-0.25, -0.2) is 0 Å². The number of pyridine rings is 1. The van der Waals surface area contributed by atoms with Gasteiger partial charge in [0.25, 0.3) is 5.91 Å². The van der Waals surface area contributed by atoms with Crippen molar-refractivity contribution < 1.29 is 9.53 Å². The van der Waals surface area contributed by atoms with Crippen molar-refractivity contribution in [3.63, 3.8) is 0 Å². The molecule has 1 saturated heterocycles. The topological polar surface area (TPSA) is 42.4 Å². The van der Waals surface area contributed by atoms with E-state index in [-0.39, 0.29) is 5.91 Å². The first-order valence-corrected chi connectivity index (χ1v) is 8.09. The number of amides is 1. The number of hydrogen-bond donors (Lipinski definition) is 0. The number of benzene rings is 1. The molecule has 2 aromatic rings. The van der Waals surface area contributed by atoms with E-state index < -0.39 is 0 Å². The maximum absolute atomic E-state index is 12.7. The lowest BCUT2D eigenvalue weighted by molar-refractivity contribution is 0.0303. The van der Waals surface area contributed by atoms with E-state index in [1.165, 1.54) is 0 Å². The van der Waals surface area contributed by atoms with Crippen LogP contribution in [0.3, 0.4) is 0 Å². The summed E-state index contributed by atoms with van der Waals surface area (Å²) in [5.74, 6) is 0.412. The van der Waals surface area contributed by atoms with Crippen molar-refractivity contribution in [3.05, 3.63) is 53.9 Å². The van der Waals surface area contributed by atoms with Crippen LogP contribution < -0.4 is 0 Å². The predicted molar refractivity (Wildman–Crippen MR) is 90.5 cm³/mol. The molecular formula is C19H22N2O2. The Morgan fingerprint density at radius 2 is 1.96 bits per heavy atom. The summed E-state index contributed by atoms with van der Waals surface area (Å²) >= 11 is 0. The van der Waals surface area contributed by atoms with E-state index in [9.17, 15) is 4.79 Å². The number of morpholine rings is 1. The van der Waals surface area contributed by atoms with Gasteiger partial charge in [-0.05, 0) is 29.7 Å². The van der Waals surface area contributed by atoms with Gasteiger partial charge < -0.3 is 9.64 Å². The fourth-order valence-corrected chi connectivity index (χ4v) is 2.89. The van der Waals surface area contributed by atoms with Gasteiger partial charge in [-0.1, -0.05) is 32.0 Å².